The van der Waals surface area contributed by atoms with Crippen LogP contribution in [-0.2, 0) is 4.79 Å². The average Bonchev–Trinajstić information content (AvgIpc) is 3.24. The molecule has 0 radical (unpaired) electrons. The van der Waals surface area contributed by atoms with Crippen molar-refractivity contribution in [3.8, 4) is 11.3 Å². The third-order valence-corrected chi connectivity index (χ3v) is 5.68. The molecule has 9 heteroatoms. The van der Waals surface area contributed by atoms with Gasteiger partial charge in [-0.2, -0.15) is 0 Å². The Morgan fingerprint density at radius 1 is 1.12 bits per heavy atom. The van der Waals surface area contributed by atoms with Crippen molar-refractivity contribution >= 4 is 45.7 Å². The Labute approximate surface area is 201 Å². The number of carbonyl (C=O) groups excluding carboxylic acids is 2. The standard InChI is InChI=1S/C25H23ClFN5O2/c1-13(2)16-11-29-20(15-9-14(26)5-6-18(15)27)10-21(16)31-19-7-8-28-24-22(19)17(12-30-24)23(33)25(34)32(3)4/h5-13H,1-4H3,(H2,28,29,30,31). The Kier molecular flexibility index (Phi) is 6.34. The zero-order valence-electron chi connectivity index (χ0n) is 19.1. The Morgan fingerprint density at radius 3 is 2.59 bits per heavy atom. The molecular formula is C25H23ClFN5O2. The number of likely N-dealkylation sites (N-methyl/N-ethyl adjacent to an activating group) is 1. The summed E-state index contributed by atoms with van der Waals surface area (Å²) in [6, 6.07) is 7.77. The molecule has 0 aliphatic heterocycles. The van der Waals surface area contributed by atoms with Crippen LogP contribution in [0.4, 0.5) is 15.8 Å². The molecule has 2 N–H and O–H groups in total. The van der Waals surface area contributed by atoms with Crippen molar-refractivity contribution in [2.45, 2.75) is 19.8 Å². The Morgan fingerprint density at radius 2 is 1.88 bits per heavy atom. The third-order valence-electron chi connectivity index (χ3n) is 5.45. The maximum absolute atomic E-state index is 14.5. The second-order valence-electron chi connectivity index (χ2n) is 8.37. The van der Waals surface area contributed by atoms with E-state index in [1.54, 1.807) is 24.5 Å². The van der Waals surface area contributed by atoms with Gasteiger partial charge in [0.05, 0.1) is 22.3 Å². The Hall–Kier alpha value is -3.78. The van der Waals surface area contributed by atoms with Crippen molar-refractivity contribution < 1.29 is 14.0 Å². The van der Waals surface area contributed by atoms with Gasteiger partial charge in [0.1, 0.15) is 11.5 Å². The first-order valence-electron chi connectivity index (χ1n) is 10.6. The van der Waals surface area contributed by atoms with Crippen molar-refractivity contribution in [2.24, 2.45) is 0 Å². The molecule has 7 nitrogen and oxygen atoms in total. The van der Waals surface area contributed by atoms with Gasteiger partial charge in [-0.05, 0) is 41.8 Å². The van der Waals surface area contributed by atoms with Crippen LogP contribution in [-0.4, -0.2) is 45.6 Å². The van der Waals surface area contributed by atoms with Crippen molar-refractivity contribution in [2.75, 3.05) is 19.4 Å². The number of ketones is 1. The number of aromatic nitrogens is 3. The zero-order chi connectivity index (χ0) is 24.6. The molecule has 0 saturated heterocycles. The number of rotatable bonds is 6. The van der Waals surface area contributed by atoms with E-state index in [-0.39, 0.29) is 17.0 Å². The molecule has 0 atom stereocenters. The molecule has 174 valence electrons. The van der Waals surface area contributed by atoms with E-state index in [1.165, 1.54) is 43.4 Å². The number of aromatic amines is 1. The summed E-state index contributed by atoms with van der Waals surface area (Å²) in [5.74, 6) is -1.62. The summed E-state index contributed by atoms with van der Waals surface area (Å²) in [4.78, 5) is 38.1. The fourth-order valence-electron chi connectivity index (χ4n) is 3.68. The van der Waals surface area contributed by atoms with Crippen LogP contribution in [0.15, 0.2) is 48.9 Å². The number of hydrogen-bond acceptors (Lipinski definition) is 5. The number of hydrogen-bond donors (Lipinski definition) is 2. The minimum atomic E-state index is -0.646. The molecule has 0 spiro atoms. The minimum absolute atomic E-state index is 0.105. The highest BCUT2D eigenvalue weighted by atomic mass is 35.5. The van der Waals surface area contributed by atoms with Crippen LogP contribution in [0.3, 0.4) is 0 Å². The first-order chi connectivity index (χ1) is 16.2. The number of carbonyl (C=O) groups is 2. The molecule has 1 aromatic carbocycles. The number of H-pyrrole nitrogens is 1. The topological polar surface area (TPSA) is 91.0 Å². The third kappa shape index (κ3) is 4.36. The molecule has 0 unspecified atom stereocenters. The first-order valence-corrected chi connectivity index (χ1v) is 11.0. The predicted octanol–water partition coefficient (Wildman–Crippen LogP) is 5.56. The van der Waals surface area contributed by atoms with E-state index in [4.69, 9.17) is 11.6 Å². The number of benzene rings is 1. The number of Topliss-reactive ketones (excluding diaryl/α,β-unsaturated/α-hetero) is 1. The monoisotopic (exact) mass is 479 g/mol. The average molecular weight is 480 g/mol. The highest BCUT2D eigenvalue weighted by Crippen LogP contribution is 2.35. The number of nitrogens with one attached hydrogen (secondary N) is 2. The lowest BCUT2D eigenvalue weighted by Gasteiger charge is -2.17. The van der Waals surface area contributed by atoms with Crippen LogP contribution in [0, 0.1) is 5.82 Å². The van der Waals surface area contributed by atoms with E-state index in [9.17, 15) is 14.0 Å². The largest absolute Gasteiger partial charge is 0.355 e. The van der Waals surface area contributed by atoms with E-state index >= 15 is 0 Å². The first kappa shape index (κ1) is 23.4. The number of amides is 1. The van der Waals surface area contributed by atoms with Crippen LogP contribution >= 0.6 is 11.6 Å². The summed E-state index contributed by atoms with van der Waals surface area (Å²) < 4.78 is 14.5. The highest BCUT2D eigenvalue weighted by Gasteiger charge is 2.24. The van der Waals surface area contributed by atoms with Crippen LogP contribution in [0.25, 0.3) is 22.3 Å². The van der Waals surface area contributed by atoms with Gasteiger partial charge in [0.15, 0.2) is 0 Å². The second-order valence-corrected chi connectivity index (χ2v) is 8.81. The molecule has 0 saturated carbocycles. The summed E-state index contributed by atoms with van der Waals surface area (Å²) >= 11 is 6.08. The molecule has 0 fully saturated rings. The van der Waals surface area contributed by atoms with E-state index in [0.29, 0.717) is 33.1 Å². The van der Waals surface area contributed by atoms with Gasteiger partial charge in [-0.25, -0.2) is 9.37 Å². The number of anilines is 2. The number of fused-ring (bicyclic) bond motifs is 1. The van der Waals surface area contributed by atoms with Crippen LogP contribution in [0.1, 0.15) is 35.7 Å². The molecule has 0 aliphatic carbocycles. The number of pyridine rings is 2. The molecule has 1 amide bonds. The van der Waals surface area contributed by atoms with Crippen molar-refractivity contribution in [3.63, 3.8) is 0 Å². The molecule has 34 heavy (non-hydrogen) atoms. The van der Waals surface area contributed by atoms with E-state index in [0.717, 1.165) is 5.56 Å². The lowest BCUT2D eigenvalue weighted by Crippen LogP contribution is -2.29. The van der Waals surface area contributed by atoms with Gasteiger partial charge in [0.2, 0.25) is 0 Å². The molecular weight excluding hydrogens is 457 g/mol. The fourth-order valence-corrected chi connectivity index (χ4v) is 3.85. The number of halogens is 2. The molecule has 3 heterocycles. The van der Waals surface area contributed by atoms with Gasteiger partial charge >= 0.3 is 0 Å². The maximum Gasteiger partial charge on any atom is 0.294 e. The van der Waals surface area contributed by atoms with Gasteiger partial charge in [0, 0.05) is 49.0 Å². The maximum atomic E-state index is 14.5. The molecule has 3 aromatic heterocycles. The summed E-state index contributed by atoms with van der Waals surface area (Å²) in [6.45, 7) is 4.04. The fraction of sp³-hybridized carbons (Fsp3) is 0.200. The van der Waals surface area contributed by atoms with Crippen LogP contribution in [0.2, 0.25) is 5.02 Å². The van der Waals surface area contributed by atoms with Gasteiger partial charge in [-0.15, -0.1) is 0 Å². The zero-order valence-corrected chi connectivity index (χ0v) is 19.9. The quantitative estimate of drug-likeness (QED) is 0.279. The Balaban J connectivity index is 1.84. The van der Waals surface area contributed by atoms with Crippen LogP contribution < -0.4 is 5.32 Å². The van der Waals surface area contributed by atoms with E-state index < -0.39 is 17.5 Å². The van der Waals surface area contributed by atoms with E-state index in [1.807, 2.05) is 13.8 Å². The molecule has 0 bridgehead atoms. The second kappa shape index (κ2) is 9.23. The van der Waals surface area contributed by atoms with Crippen molar-refractivity contribution in [1.82, 2.24) is 19.9 Å². The van der Waals surface area contributed by atoms with E-state index in [2.05, 4.69) is 20.3 Å². The highest BCUT2D eigenvalue weighted by molar-refractivity contribution is 6.45. The molecule has 4 rings (SSSR count). The van der Waals surface area contributed by atoms with Gasteiger partial charge in [-0.1, -0.05) is 25.4 Å². The van der Waals surface area contributed by atoms with Gasteiger partial charge in [0.25, 0.3) is 11.7 Å². The lowest BCUT2D eigenvalue weighted by atomic mass is 10.0. The number of nitrogens with zero attached hydrogens (tertiary/aromatic N) is 3. The predicted molar refractivity (Wildman–Crippen MR) is 131 cm³/mol. The minimum Gasteiger partial charge on any atom is -0.355 e. The normalized spacial score (nSPS) is 11.1. The summed E-state index contributed by atoms with van der Waals surface area (Å²) in [5, 5.41) is 4.25. The van der Waals surface area contributed by atoms with Crippen molar-refractivity contribution in [1.29, 1.82) is 0 Å². The summed E-state index contributed by atoms with van der Waals surface area (Å²) in [5.41, 5.74) is 3.51. The Bertz CT molecular complexity index is 1410. The van der Waals surface area contributed by atoms with Crippen molar-refractivity contribution in [3.05, 3.63) is 70.9 Å². The summed E-state index contributed by atoms with van der Waals surface area (Å²) in [7, 11) is 3.05. The van der Waals surface area contributed by atoms with Crippen LogP contribution in [0.5, 0.6) is 0 Å². The lowest BCUT2D eigenvalue weighted by molar-refractivity contribution is -0.124. The smallest absolute Gasteiger partial charge is 0.294 e. The SMILES string of the molecule is CC(C)c1cnc(-c2cc(Cl)ccc2F)cc1Nc1ccnc2[nH]cc(C(=O)C(=O)N(C)C)c12. The summed E-state index contributed by atoms with van der Waals surface area (Å²) in [6.07, 6.45) is 4.77. The molecule has 4 aromatic rings. The van der Waals surface area contributed by atoms with Gasteiger partial charge < -0.3 is 15.2 Å². The molecule has 0 aliphatic rings. The van der Waals surface area contributed by atoms with Gasteiger partial charge in [-0.3, -0.25) is 14.6 Å².